The zero-order chi connectivity index (χ0) is 21.2. The molecule has 160 valence electrons. The van der Waals surface area contributed by atoms with Crippen molar-refractivity contribution in [1.82, 2.24) is 15.6 Å². The van der Waals surface area contributed by atoms with E-state index < -0.39 is 6.10 Å². The zero-order valence-electron chi connectivity index (χ0n) is 18.0. The molecule has 0 saturated heterocycles. The van der Waals surface area contributed by atoms with Crippen molar-refractivity contribution in [3.8, 4) is 0 Å². The fourth-order valence-corrected chi connectivity index (χ4v) is 5.79. The Morgan fingerprint density at radius 2 is 2.03 bits per heavy atom. The highest BCUT2D eigenvalue weighted by molar-refractivity contribution is 5.78. The Hall–Kier alpha value is -1.95. The number of pyridine rings is 1. The van der Waals surface area contributed by atoms with Gasteiger partial charge in [0.15, 0.2) is 0 Å². The number of carbonyl (C=O) groups excluding carboxylic acids is 2. The zero-order valence-corrected chi connectivity index (χ0v) is 18.0. The second-order valence-electron chi connectivity index (χ2n) is 9.41. The SMILES string of the molecule is CC(=O)N[C@H]1CC[C@]2(C)CC[C@H]([C@H](C)C(=O)NCc3ccccn3)[C@H](O)[C@H]2[C@@H]1C. The van der Waals surface area contributed by atoms with E-state index in [9.17, 15) is 14.7 Å². The number of hydrogen-bond donors (Lipinski definition) is 3. The predicted octanol–water partition coefficient (Wildman–Crippen LogP) is 2.66. The van der Waals surface area contributed by atoms with Crippen LogP contribution in [0, 0.1) is 29.1 Å². The molecule has 0 spiro atoms. The second kappa shape index (κ2) is 8.82. The molecule has 0 aromatic carbocycles. The molecule has 7 atom stereocenters. The third kappa shape index (κ3) is 4.63. The molecule has 2 fully saturated rings. The van der Waals surface area contributed by atoms with Crippen LogP contribution < -0.4 is 10.6 Å². The Balaban J connectivity index is 1.67. The lowest BCUT2D eigenvalue weighted by atomic mass is 9.51. The Morgan fingerprint density at radius 3 is 2.69 bits per heavy atom. The van der Waals surface area contributed by atoms with Crippen LogP contribution in [0.4, 0.5) is 0 Å². The Kier molecular flexibility index (Phi) is 6.62. The molecule has 1 aromatic rings. The van der Waals surface area contributed by atoms with Gasteiger partial charge in [-0.2, -0.15) is 0 Å². The Bertz CT molecular complexity index is 725. The summed E-state index contributed by atoms with van der Waals surface area (Å²) >= 11 is 0. The van der Waals surface area contributed by atoms with Crippen LogP contribution in [0.25, 0.3) is 0 Å². The molecule has 6 nitrogen and oxygen atoms in total. The molecule has 0 radical (unpaired) electrons. The van der Waals surface area contributed by atoms with Crippen LogP contribution in [0.5, 0.6) is 0 Å². The summed E-state index contributed by atoms with van der Waals surface area (Å²) in [5, 5.41) is 17.4. The van der Waals surface area contributed by atoms with Crippen molar-refractivity contribution in [2.75, 3.05) is 0 Å². The van der Waals surface area contributed by atoms with Crippen LogP contribution >= 0.6 is 0 Å². The number of nitrogens with one attached hydrogen (secondary N) is 2. The van der Waals surface area contributed by atoms with Gasteiger partial charge in [0.05, 0.1) is 18.3 Å². The summed E-state index contributed by atoms with van der Waals surface area (Å²) in [4.78, 5) is 28.6. The number of amides is 2. The summed E-state index contributed by atoms with van der Waals surface area (Å²) in [5.41, 5.74) is 0.887. The van der Waals surface area contributed by atoms with Gasteiger partial charge in [-0.05, 0) is 61.0 Å². The predicted molar refractivity (Wildman–Crippen MR) is 112 cm³/mol. The van der Waals surface area contributed by atoms with Gasteiger partial charge in [-0.1, -0.05) is 26.8 Å². The van der Waals surface area contributed by atoms with Crippen LogP contribution in [0.15, 0.2) is 24.4 Å². The van der Waals surface area contributed by atoms with E-state index in [1.54, 1.807) is 13.1 Å². The molecule has 6 heteroatoms. The van der Waals surface area contributed by atoms with Crippen molar-refractivity contribution in [2.24, 2.45) is 29.1 Å². The number of carbonyl (C=O) groups is 2. The van der Waals surface area contributed by atoms with Crippen molar-refractivity contribution in [3.63, 3.8) is 0 Å². The van der Waals surface area contributed by atoms with Crippen LogP contribution in [0.2, 0.25) is 0 Å². The number of rotatable bonds is 5. The number of hydrogen-bond acceptors (Lipinski definition) is 4. The second-order valence-corrected chi connectivity index (χ2v) is 9.41. The van der Waals surface area contributed by atoms with Crippen LogP contribution in [0.3, 0.4) is 0 Å². The van der Waals surface area contributed by atoms with E-state index in [1.165, 1.54) is 0 Å². The van der Waals surface area contributed by atoms with E-state index in [2.05, 4.69) is 29.5 Å². The first kappa shape index (κ1) is 21.8. The maximum atomic E-state index is 12.8. The van der Waals surface area contributed by atoms with E-state index in [4.69, 9.17) is 0 Å². The number of aromatic nitrogens is 1. The summed E-state index contributed by atoms with van der Waals surface area (Å²) in [6, 6.07) is 5.73. The first-order chi connectivity index (χ1) is 13.7. The fraction of sp³-hybridized carbons (Fsp3) is 0.696. The average Bonchev–Trinajstić information content (AvgIpc) is 2.68. The normalized spacial score (nSPS) is 35.3. The molecule has 3 N–H and O–H groups in total. The van der Waals surface area contributed by atoms with Crippen molar-refractivity contribution in [2.45, 2.75) is 72.1 Å². The van der Waals surface area contributed by atoms with Crippen molar-refractivity contribution in [3.05, 3.63) is 30.1 Å². The monoisotopic (exact) mass is 401 g/mol. The molecular weight excluding hydrogens is 366 g/mol. The number of fused-ring (bicyclic) bond motifs is 1. The molecule has 0 aliphatic heterocycles. The number of aliphatic hydroxyl groups is 1. The highest BCUT2D eigenvalue weighted by atomic mass is 16.3. The third-order valence-electron chi connectivity index (χ3n) is 7.50. The van der Waals surface area contributed by atoms with Crippen LogP contribution in [0.1, 0.15) is 59.1 Å². The lowest BCUT2D eigenvalue weighted by Crippen LogP contribution is -2.58. The van der Waals surface area contributed by atoms with Crippen LogP contribution in [-0.2, 0) is 16.1 Å². The van der Waals surface area contributed by atoms with Gasteiger partial charge in [-0.3, -0.25) is 14.6 Å². The molecule has 1 aromatic heterocycles. The van der Waals surface area contributed by atoms with Gasteiger partial charge in [0.25, 0.3) is 0 Å². The lowest BCUT2D eigenvalue weighted by Gasteiger charge is -2.56. The lowest BCUT2D eigenvalue weighted by molar-refractivity contribution is -0.143. The molecule has 2 amide bonds. The molecule has 2 aliphatic carbocycles. The van der Waals surface area contributed by atoms with E-state index in [-0.39, 0.29) is 46.9 Å². The molecule has 0 bridgehead atoms. The van der Waals surface area contributed by atoms with E-state index >= 15 is 0 Å². The summed E-state index contributed by atoms with van der Waals surface area (Å²) in [5.74, 6) is -0.140. The summed E-state index contributed by atoms with van der Waals surface area (Å²) in [7, 11) is 0. The van der Waals surface area contributed by atoms with E-state index in [0.717, 1.165) is 31.4 Å². The largest absolute Gasteiger partial charge is 0.392 e. The van der Waals surface area contributed by atoms with Gasteiger partial charge >= 0.3 is 0 Å². The maximum absolute atomic E-state index is 12.8. The molecule has 1 heterocycles. The topological polar surface area (TPSA) is 91.3 Å². The number of aliphatic hydroxyl groups excluding tert-OH is 1. The minimum atomic E-state index is -0.545. The Labute approximate surface area is 173 Å². The average molecular weight is 402 g/mol. The fourth-order valence-electron chi connectivity index (χ4n) is 5.79. The van der Waals surface area contributed by atoms with Gasteiger partial charge in [0.2, 0.25) is 11.8 Å². The minimum absolute atomic E-state index is 0.0189. The quantitative estimate of drug-likeness (QED) is 0.707. The molecule has 2 aliphatic rings. The van der Waals surface area contributed by atoms with E-state index in [1.807, 2.05) is 25.1 Å². The molecule has 29 heavy (non-hydrogen) atoms. The van der Waals surface area contributed by atoms with Crippen molar-refractivity contribution < 1.29 is 14.7 Å². The van der Waals surface area contributed by atoms with Gasteiger partial charge in [0.1, 0.15) is 0 Å². The molecule has 2 saturated carbocycles. The minimum Gasteiger partial charge on any atom is -0.392 e. The first-order valence-corrected chi connectivity index (χ1v) is 10.9. The number of nitrogens with zero attached hydrogens (tertiary/aromatic N) is 1. The molecule has 0 unspecified atom stereocenters. The summed E-state index contributed by atoms with van der Waals surface area (Å²) < 4.78 is 0. The third-order valence-corrected chi connectivity index (χ3v) is 7.50. The molecular formula is C23H35N3O3. The summed E-state index contributed by atoms with van der Waals surface area (Å²) in [6.45, 7) is 8.27. The van der Waals surface area contributed by atoms with Crippen molar-refractivity contribution in [1.29, 1.82) is 0 Å². The standard InChI is InChI=1S/C23H35N3O3/c1-14(22(29)25-13-17-7-5-6-12-24-17)18-8-10-23(4)11-9-19(26-16(3)27)15(2)20(23)21(18)28/h5-7,12,14-15,18-21,28H,8-11,13H2,1-4H3,(H,25,29)(H,26,27)/t14-,15+,18+,19-,20+,21-,23-/m0/s1. The molecule has 3 rings (SSSR count). The van der Waals surface area contributed by atoms with Gasteiger partial charge in [-0.15, -0.1) is 0 Å². The maximum Gasteiger partial charge on any atom is 0.223 e. The Morgan fingerprint density at radius 1 is 1.31 bits per heavy atom. The smallest absolute Gasteiger partial charge is 0.223 e. The van der Waals surface area contributed by atoms with Crippen molar-refractivity contribution >= 4 is 11.8 Å². The highest BCUT2D eigenvalue weighted by Crippen LogP contribution is 2.55. The van der Waals surface area contributed by atoms with E-state index in [0.29, 0.717) is 6.54 Å². The first-order valence-electron chi connectivity index (χ1n) is 10.9. The van der Waals surface area contributed by atoms with Gasteiger partial charge < -0.3 is 15.7 Å². The highest BCUT2D eigenvalue weighted by Gasteiger charge is 2.53. The van der Waals surface area contributed by atoms with Gasteiger partial charge in [0, 0.05) is 25.1 Å². The van der Waals surface area contributed by atoms with Crippen LogP contribution in [-0.4, -0.2) is 34.1 Å². The summed E-state index contributed by atoms with van der Waals surface area (Å²) in [6.07, 6.45) is 4.98. The van der Waals surface area contributed by atoms with Gasteiger partial charge in [-0.25, -0.2) is 0 Å².